The Morgan fingerprint density at radius 1 is 1.11 bits per heavy atom. The van der Waals surface area contributed by atoms with Gasteiger partial charge >= 0.3 is 18.5 Å². The first-order valence-corrected chi connectivity index (χ1v) is 15.0. The van der Waals surface area contributed by atoms with Crippen LogP contribution in [0, 0.1) is 11.6 Å². The van der Waals surface area contributed by atoms with Crippen molar-refractivity contribution >= 4 is 24.0 Å². The average Bonchev–Trinajstić information content (AvgIpc) is 3.67. The molecule has 2 aromatic heterocycles. The van der Waals surface area contributed by atoms with Gasteiger partial charge in [-0.3, -0.25) is 4.79 Å². The van der Waals surface area contributed by atoms with Gasteiger partial charge in [-0.2, -0.15) is 4.98 Å². The van der Waals surface area contributed by atoms with Crippen molar-refractivity contribution in [1.82, 2.24) is 30.3 Å². The van der Waals surface area contributed by atoms with Crippen molar-refractivity contribution in [2.75, 3.05) is 42.5 Å². The molecule has 0 radical (unpaired) electrons. The zero-order valence-electron chi connectivity index (χ0n) is 25.9. The van der Waals surface area contributed by atoms with Crippen LogP contribution in [0.2, 0.25) is 0 Å². The minimum absolute atomic E-state index is 0.0277. The number of hydrogen-bond donors (Lipinski definition) is 1. The zero-order chi connectivity index (χ0) is 33.2. The van der Waals surface area contributed by atoms with Crippen LogP contribution in [0.5, 0.6) is 0 Å². The summed E-state index contributed by atoms with van der Waals surface area (Å²) in [5.74, 6) is -2.52. The topological polar surface area (TPSA) is 130 Å². The molecule has 0 spiro atoms. The lowest BCUT2D eigenvalue weighted by atomic mass is 9.94. The minimum atomic E-state index is -2.82. The molecule has 1 aromatic carbocycles. The summed E-state index contributed by atoms with van der Waals surface area (Å²) in [6, 6.07) is 2.45. The van der Waals surface area contributed by atoms with E-state index in [-0.39, 0.29) is 48.1 Å². The number of halogens is 4. The Hall–Kier alpha value is -4.50. The molecule has 12 nitrogen and oxygen atoms in total. The molecular weight excluding hydrogens is 612 g/mol. The van der Waals surface area contributed by atoms with Crippen LogP contribution < -0.4 is 15.1 Å². The first-order valence-electron chi connectivity index (χ1n) is 15.0. The maximum absolute atomic E-state index is 14.8. The maximum atomic E-state index is 14.8. The Morgan fingerprint density at radius 2 is 1.80 bits per heavy atom. The van der Waals surface area contributed by atoms with Crippen molar-refractivity contribution in [2.24, 2.45) is 0 Å². The number of piperidine rings is 1. The van der Waals surface area contributed by atoms with Gasteiger partial charge in [0.15, 0.2) is 0 Å². The number of ether oxygens (including phenoxy) is 1. The number of hydrogen-bond acceptors (Lipinski definition) is 10. The van der Waals surface area contributed by atoms with E-state index in [2.05, 4.69) is 25.4 Å². The van der Waals surface area contributed by atoms with Crippen molar-refractivity contribution in [3.8, 4) is 0 Å². The zero-order valence-corrected chi connectivity index (χ0v) is 25.9. The molecule has 0 bridgehead atoms. The minimum Gasteiger partial charge on any atom is -0.444 e. The fourth-order valence-electron chi connectivity index (χ4n) is 5.83. The molecule has 2 aliphatic rings. The van der Waals surface area contributed by atoms with Crippen LogP contribution in [0.4, 0.5) is 34.3 Å². The van der Waals surface area contributed by atoms with E-state index in [1.165, 1.54) is 12.4 Å². The lowest BCUT2D eigenvalue weighted by molar-refractivity contribution is 0.0504. The summed E-state index contributed by atoms with van der Waals surface area (Å²) in [6.07, 6.45) is 0.433. The SMILES string of the molecule is CCN(C(=O)c1cnc(N2C[C@H](NC(=O)OC(C)(C)C)[C@@H](c3cc(F)ccc3F)C2)nc1)C1CCN(c2nc(C(F)F)no2)CC1. The highest BCUT2D eigenvalue weighted by atomic mass is 19.3. The number of carbonyl (C=O) groups excluding carboxylic acids is 2. The van der Waals surface area contributed by atoms with Crippen LogP contribution in [-0.2, 0) is 4.74 Å². The number of benzene rings is 1. The molecule has 3 aromatic rings. The Labute approximate surface area is 263 Å². The molecule has 2 saturated heterocycles. The smallest absolute Gasteiger partial charge is 0.407 e. The molecule has 0 unspecified atom stereocenters. The van der Waals surface area contributed by atoms with Crippen molar-refractivity contribution in [1.29, 1.82) is 0 Å². The summed E-state index contributed by atoms with van der Waals surface area (Å²) in [5.41, 5.74) is -0.388. The number of rotatable bonds is 8. The van der Waals surface area contributed by atoms with E-state index in [4.69, 9.17) is 9.26 Å². The van der Waals surface area contributed by atoms with Gasteiger partial charge in [-0.05, 0) is 64.3 Å². The van der Waals surface area contributed by atoms with E-state index < -0.39 is 47.5 Å². The second-order valence-electron chi connectivity index (χ2n) is 12.2. The number of aromatic nitrogens is 4. The quantitative estimate of drug-likeness (QED) is 0.343. The predicted octanol–water partition coefficient (Wildman–Crippen LogP) is 4.70. The molecule has 5 rings (SSSR count). The number of anilines is 2. The van der Waals surface area contributed by atoms with Crippen LogP contribution in [0.25, 0.3) is 0 Å². The molecule has 4 heterocycles. The molecule has 2 amide bonds. The normalized spacial score (nSPS) is 19.1. The Balaban J connectivity index is 1.26. The van der Waals surface area contributed by atoms with E-state index in [1.54, 1.807) is 35.5 Å². The number of carbonyl (C=O) groups is 2. The summed E-state index contributed by atoms with van der Waals surface area (Å²) < 4.78 is 65.0. The van der Waals surface area contributed by atoms with Crippen LogP contribution in [0.3, 0.4) is 0 Å². The van der Waals surface area contributed by atoms with Gasteiger partial charge in [0.2, 0.25) is 11.8 Å². The van der Waals surface area contributed by atoms with E-state index >= 15 is 0 Å². The highest BCUT2D eigenvalue weighted by Crippen LogP contribution is 2.32. The second-order valence-corrected chi connectivity index (χ2v) is 12.2. The van der Waals surface area contributed by atoms with Gasteiger partial charge in [-0.1, -0.05) is 5.16 Å². The monoisotopic (exact) mass is 648 g/mol. The fourth-order valence-corrected chi connectivity index (χ4v) is 5.83. The highest BCUT2D eigenvalue weighted by Gasteiger charge is 2.39. The number of alkyl carbamates (subject to hydrolysis) is 1. The third kappa shape index (κ3) is 7.48. The second kappa shape index (κ2) is 13.5. The van der Waals surface area contributed by atoms with Crippen molar-refractivity contribution in [3.05, 3.63) is 59.2 Å². The summed E-state index contributed by atoms with van der Waals surface area (Å²) in [7, 11) is 0. The standard InChI is InChI=1S/C30H36F4N8O4/c1-5-42(19-8-10-40(11-9-19)28-38-25(24(33)34)39-46-28)26(43)17-13-35-27(36-14-17)41-15-21(20-12-18(31)6-7-22(20)32)23(16-41)37-29(44)45-30(2,3)4/h6-7,12-14,19,21,23-24H,5,8-11,15-16H2,1-4H3,(H,37,44)/t21-,23+/m1/s1. The number of nitrogens with zero attached hydrogens (tertiary/aromatic N) is 7. The first kappa shape index (κ1) is 32.9. The van der Waals surface area contributed by atoms with Gasteiger partial charge in [-0.15, -0.1) is 0 Å². The molecule has 0 aliphatic carbocycles. The number of alkyl halides is 2. The highest BCUT2D eigenvalue weighted by molar-refractivity contribution is 5.94. The third-order valence-electron chi connectivity index (χ3n) is 7.95. The molecular formula is C30H36F4N8O4. The van der Waals surface area contributed by atoms with Gasteiger partial charge < -0.3 is 29.3 Å². The van der Waals surface area contributed by atoms with Crippen LogP contribution in [-0.4, -0.2) is 87.4 Å². The predicted molar refractivity (Wildman–Crippen MR) is 158 cm³/mol. The van der Waals surface area contributed by atoms with Crippen LogP contribution >= 0.6 is 0 Å². The first-order chi connectivity index (χ1) is 21.8. The summed E-state index contributed by atoms with van der Waals surface area (Å²) in [6.45, 7) is 8.69. The molecule has 2 aliphatic heterocycles. The largest absolute Gasteiger partial charge is 0.444 e. The Morgan fingerprint density at radius 3 is 2.41 bits per heavy atom. The fraction of sp³-hybridized carbons (Fsp3) is 0.533. The molecule has 2 fully saturated rings. The molecule has 0 saturated carbocycles. The Bertz CT molecular complexity index is 1530. The molecule has 248 valence electrons. The van der Waals surface area contributed by atoms with Gasteiger partial charge in [-0.25, -0.2) is 32.3 Å². The lowest BCUT2D eigenvalue weighted by Gasteiger charge is -2.37. The summed E-state index contributed by atoms with van der Waals surface area (Å²) in [5, 5.41) is 6.09. The summed E-state index contributed by atoms with van der Waals surface area (Å²) >= 11 is 0. The van der Waals surface area contributed by atoms with Gasteiger partial charge in [0.1, 0.15) is 17.2 Å². The summed E-state index contributed by atoms with van der Waals surface area (Å²) in [4.78, 5) is 43.8. The average molecular weight is 649 g/mol. The molecule has 46 heavy (non-hydrogen) atoms. The van der Waals surface area contributed by atoms with Gasteiger partial charge in [0.25, 0.3) is 5.91 Å². The third-order valence-corrected chi connectivity index (χ3v) is 7.95. The van der Waals surface area contributed by atoms with Crippen molar-refractivity contribution < 1.29 is 36.4 Å². The van der Waals surface area contributed by atoms with Gasteiger partial charge in [0.05, 0.1) is 11.6 Å². The number of nitrogens with one attached hydrogen (secondary N) is 1. The Kier molecular flexibility index (Phi) is 9.63. The molecule has 1 N–H and O–H groups in total. The van der Waals surface area contributed by atoms with Crippen LogP contribution in [0.1, 0.15) is 74.6 Å². The van der Waals surface area contributed by atoms with Crippen LogP contribution in [0.15, 0.2) is 35.1 Å². The molecule has 2 atom stereocenters. The van der Waals surface area contributed by atoms with E-state index in [0.717, 1.165) is 18.2 Å². The van der Waals surface area contributed by atoms with Crippen molar-refractivity contribution in [3.63, 3.8) is 0 Å². The van der Waals surface area contributed by atoms with E-state index in [9.17, 15) is 27.2 Å². The lowest BCUT2D eigenvalue weighted by Crippen LogP contribution is -2.47. The maximum Gasteiger partial charge on any atom is 0.407 e. The van der Waals surface area contributed by atoms with Crippen molar-refractivity contribution in [2.45, 2.75) is 70.6 Å². The van der Waals surface area contributed by atoms with E-state index in [0.29, 0.717) is 32.5 Å². The molecule has 16 heteroatoms. The number of amides is 2. The van der Waals surface area contributed by atoms with E-state index in [1.807, 2.05) is 6.92 Å². The van der Waals surface area contributed by atoms with Gasteiger partial charge in [0, 0.05) is 57.1 Å².